The smallest absolute Gasteiger partial charge is 0.140 e. The second-order valence-electron chi connectivity index (χ2n) is 5.64. The van der Waals surface area contributed by atoms with Gasteiger partial charge in [-0.25, -0.2) is 24.3 Å². The Labute approximate surface area is 133 Å². The van der Waals surface area contributed by atoms with Gasteiger partial charge >= 0.3 is 0 Å². The van der Waals surface area contributed by atoms with Crippen LogP contribution >= 0.6 is 0 Å². The maximum Gasteiger partial charge on any atom is 0.140 e. The number of aromatic nitrogens is 4. The molecule has 3 heterocycles. The third-order valence-electron chi connectivity index (χ3n) is 4.19. The number of hydrogen-bond donors (Lipinski definition) is 0. The summed E-state index contributed by atoms with van der Waals surface area (Å²) in [6.45, 7) is 3.51. The first kappa shape index (κ1) is 14.0. The Morgan fingerprint density at radius 1 is 1.22 bits per heavy atom. The van der Waals surface area contributed by atoms with E-state index >= 15 is 0 Å². The van der Waals surface area contributed by atoms with Crippen molar-refractivity contribution in [2.24, 2.45) is 0 Å². The van der Waals surface area contributed by atoms with Gasteiger partial charge in [0.25, 0.3) is 0 Å². The third kappa shape index (κ3) is 2.50. The Morgan fingerprint density at radius 2 is 2.13 bits per heavy atom. The molecule has 1 aromatic carbocycles. The van der Waals surface area contributed by atoms with Gasteiger partial charge in [0, 0.05) is 24.5 Å². The Kier molecular flexibility index (Phi) is 3.37. The zero-order valence-corrected chi connectivity index (χ0v) is 12.8. The van der Waals surface area contributed by atoms with E-state index in [1.54, 1.807) is 6.07 Å². The minimum absolute atomic E-state index is 0.276. The number of rotatable bonds is 2. The normalized spacial score (nSPS) is 14.1. The van der Waals surface area contributed by atoms with Gasteiger partial charge in [-0.3, -0.25) is 0 Å². The highest BCUT2D eigenvalue weighted by Crippen LogP contribution is 2.27. The maximum absolute atomic E-state index is 13.6. The Hall–Kier alpha value is -2.63. The molecule has 116 valence electrons. The summed E-state index contributed by atoms with van der Waals surface area (Å²) in [5.74, 6) is 1.34. The van der Waals surface area contributed by atoms with Crippen molar-refractivity contribution in [3.05, 3.63) is 53.6 Å². The van der Waals surface area contributed by atoms with Crippen LogP contribution in [-0.4, -0.2) is 26.5 Å². The first-order valence-corrected chi connectivity index (χ1v) is 7.73. The largest absolute Gasteiger partial charge is 0.350 e. The first-order valence-electron chi connectivity index (χ1n) is 7.73. The van der Waals surface area contributed by atoms with Crippen LogP contribution in [0.5, 0.6) is 0 Å². The summed E-state index contributed by atoms with van der Waals surface area (Å²) in [6.07, 6.45) is 5.13. The Balaban J connectivity index is 1.76. The molecule has 1 aliphatic rings. The molecule has 0 saturated heterocycles. The van der Waals surface area contributed by atoms with Gasteiger partial charge in [0.05, 0.1) is 17.8 Å². The van der Waals surface area contributed by atoms with Gasteiger partial charge in [-0.05, 0) is 30.2 Å². The summed E-state index contributed by atoms with van der Waals surface area (Å²) in [6, 6.07) is 4.61. The summed E-state index contributed by atoms with van der Waals surface area (Å²) in [4.78, 5) is 19.7. The van der Waals surface area contributed by atoms with Crippen molar-refractivity contribution < 1.29 is 4.39 Å². The van der Waals surface area contributed by atoms with Gasteiger partial charge in [-0.1, -0.05) is 6.92 Å². The number of fused-ring (bicyclic) bond motifs is 2. The molecule has 0 amide bonds. The summed E-state index contributed by atoms with van der Waals surface area (Å²) in [5, 5.41) is 0.737. The fourth-order valence-corrected chi connectivity index (χ4v) is 2.96. The predicted molar refractivity (Wildman–Crippen MR) is 85.7 cm³/mol. The van der Waals surface area contributed by atoms with Crippen LogP contribution in [0.1, 0.15) is 24.0 Å². The Morgan fingerprint density at radius 3 is 3.00 bits per heavy atom. The van der Waals surface area contributed by atoms with Gasteiger partial charge in [0.15, 0.2) is 0 Å². The summed E-state index contributed by atoms with van der Waals surface area (Å²) in [7, 11) is 0. The topological polar surface area (TPSA) is 54.8 Å². The second-order valence-corrected chi connectivity index (χ2v) is 5.64. The average molecular weight is 309 g/mol. The molecule has 0 radical (unpaired) electrons. The minimum Gasteiger partial charge on any atom is -0.350 e. The molecule has 0 fully saturated rings. The lowest BCUT2D eigenvalue weighted by Crippen LogP contribution is -2.32. The van der Waals surface area contributed by atoms with E-state index in [0.29, 0.717) is 6.54 Å². The number of nitrogens with zero attached hydrogens (tertiary/aromatic N) is 5. The highest BCUT2D eigenvalue weighted by molar-refractivity contribution is 5.89. The number of aryl methyl sites for hydroxylation is 1. The molecule has 23 heavy (non-hydrogen) atoms. The molecular formula is C17H16FN5. The van der Waals surface area contributed by atoms with Crippen molar-refractivity contribution >= 4 is 16.7 Å². The van der Waals surface area contributed by atoms with Gasteiger partial charge in [0.2, 0.25) is 0 Å². The molecule has 0 atom stereocenters. The average Bonchev–Trinajstić information content (AvgIpc) is 2.60. The Bertz CT molecular complexity index is 880. The number of hydrogen-bond acceptors (Lipinski definition) is 5. The fourth-order valence-electron chi connectivity index (χ4n) is 2.96. The van der Waals surface area contributed by atoms with Gasteiger partial charge < -0.3 is 4.90 Å². The molecule has 0 aliphatic carbocycles. The zero-order valence-electron chi connectivity index (χ0n) is 12.8. The lowest BCUT2D eigenvalue weighted by molar-refractivity contribution is 0.629. The molecule has 1 aliphatic heterocycles. The van der Waals surface area contributed by atoms with Crippen molar-refractivity contribution in [2.45, 2.75) is 26.3 Å². The van der Waals surface area contributed by atoms with E-state index < -0.39 is 0 Å². The van der Waals surface area contributed by atoms with Crippen LogP contribution in [0.2, 0.25) is 0 Å². The van der Waals surface area contributed by atoms with Crippen LogP contribution in [0.4, 0.5) is 10.2 Å². The summed E-state index contributed by atoms with van der Waals surface area (Å²) in [5.41, 5.74) is 2.97. The van der Waals surface area contributed by atoms with Crippen LogP contribution in [0.25, 0.3) is 10.9 Å². The highest BCUT2D eigenvalue weighted by atomic mass is 19.1. The van der Waals surface area contributed by atoms with E-state index in [9.17, 15) is 4.39 Å². The molecule has 0 N–H and O–H groups in total. The number of anilines is 1. The second kappa shape index (κ2) is 5.53. The van der Waals surface area contributed by atoms with E-state index in [0.717, 1.165) is 47.6 Å². The molecule has 0 saturated carbocycles. The molecular weight excluding hydrogens is 293 g/mol. The van der Waals surface area contributed by atoms with Crippen LogP contribution in [0, 0.1) is 5.82 Å². The molecule has 4 rings (SSSR count). The predicted octanol–water partition coefficient (Wildman–Crippen LogP) is 2.68. The number of halogens is 1. The monoisotopic (exact) mass is 309 g/mol. The van der Waals surface area contributed by atoms with E-state index in [1.807, 2.05) is 13.1 Å². The van der Waals surface area contributed by atoms with E-state index in [1.165, 1.54) is 24.0 Å². The molecule has 6 heteroatoms. The minimum atomic E-state index is -0.276. The van der Waals surface area contributed by atoms with Crippen molar-refractivity contribution in [1.82, 2.24) is 19.9 Å². The van der Waals surface area contributed by atoms with E-state index in [4.69, 9.17) is 0 Å². The molecule has 0 spiro atoms. The quantitative estimate of drug-likeness (QED) is 0.728. The van der Waals surface area contributed by atoms with E-state index in [-0.39, 0.29) is 5.82 Å². The van der Waals surface area contributed by atoms with Gasteiger partial charge in [-0.15, -0.1) is 0 Å². The van der Waals surface area contributed by atoms with Crippen molar-refractivity contribution in [3.63, 3.8) is 0 Å². The zero-order chi connectivity index (χ0) is 15.8. The van der Waals surface area contributed by atoms with Crippen molar-refractivity contribution in [1.29, 1.82) is 0 Å². The molecule has 3 aromatic rings. The molecule has 0 unspecified atom stereocenters. The van der Waals surface area contributed by atoms with Crippen molar-refractivity contribution in [3.8, 4) is 0 Å². The maximum atomic E-state index is 13.6. The summed E-state index contributed by atoms with van der Waals surface area (Å²) >= 11 is 0. The molecule has 5 nitrogen and oxygen atoms in total. The number of benzene rings is 1. The first-order chi connectivity index (χ1) is 11.2. The van der Waals surface area contributed by atoms with Gasteiger partial charge in [-0.2, -0.15) is 0 Å². The lowest BCUT2D eigenvalue weighted by atomic mass is 10.1. The van der Waals surface area contributed by atoms with E-state index in [2.05, 4.69) is 24.8 Å². The van der Waals surface area contributed by atoms with Gasteiger partial charge in [0.1, 0.15) is 23.8 Å². The van der Waals surface area contributed by atoms with Crippen molar-refractivity contribution in [2.75, 3.05) is 11.4 Å². The van der Waals surface area contributed by atoms with Crippen LogP contribution in [0.3, 0.4) is 0 Å². The fraction of sp³-hybridized carbons (Fsp3) is 0.294. The third-order valence-corrected chi connectivity index (χ3v) is 4.19. The molecule has 0 bridgehead atoms. The lowest BCUT2D eigenvalue weighted by Gasteiger charge is -2.29. The van der Waals surface area contributed by atoms with Crippen LogP contribution in [-0.2, 0) is 19.4 Å². The standard InChI is InChI=1S/C17H16FN5/c1-2-16-19-8-11-5-6-23(9-15(11)22-16)17-13-7-12(18)3-4-14(13)20-10-21-17/h3-4,7-8,10H,2,5-6,9H2,1H3. The SMILES string of the molecule is CCc1ncc2c(n1)CN(c1ncnc3ccc(F)cc13)CC2. The summed E-state index contributed by atoms with van der Waals surface area (Å²) < 4.78 is 13.6. The molecule has 2 aromatic heterocycles. The van der Waals surface area contributed by atoms with Crippen LogP contribution < -0.4 is 4.90 Å². The van der Waals surface area contributed by atoms with Crippen LogP contribution in [0.15, 0.2) is 30.7 Å². The highest BCUT2D eigenvalue weighted by Gasteiger charge is 2.21.